The van der Waals surface area contributed by atoms with Crippen molar-refractivity contribution in [3.05, 3.63) is 46.1 Å². The summed E-state index contributed by atoms with van der Waals surface area (Å²) in [6.45, 7) is 3.98. The highest BCUT2D eigenvalue weighted by Gasteiger charge is 2.34. The summed E-state index contributed by atoms with van der Waals surface area (Å²) in [5.41, 5.74) is 1.37. The van der Waals surface area contributed by atoms with Crippen molar-refractivity contribution in [3.63, 3.8) is 0 Å². The molecule has 2 heterocycles. The average molecular weight is 493 g/mol. The highest BCUT2D eigenvalue weighted by Crippen LogP contribution is 2.39. The van der Waals surface area contributed by atoms with Gasteiger partial charge in [-0.1, -0.05) is 54.6 Å². The molecule has 4 rings (SSSR count). The molecule has 5 nitrogen and oxygen atoms in total. The maximum absolute atomic E-state index is 6.32. The van der Waals surface area contributed by atoms with Crippen molar-refractivity contribution in [2.75, 3.05) is 23.3 Å². The number of thiocarbonyl (C=S) groups is 1. The Labute approximate surface area is 206 Å². The van der Waals surface area contributed by atoms with E-state index in [4.69, 9.17) is 40.4 Å². The molecule has 2 fully saturated rings. The molecule has 0 spiro atoms. The Hall–Kier alpha value is -1.63. The van der Waals surface area contributed by atoms with Gasteiger partial charge in [-0.05, 0) is 68.9 Å². The van der Waals surface area contributed by atoms with Crippen molar-refractivity contribution in [2.45, 2.75) is 69.7 Å². The lowest BCUT2D eigenvalue weighted by Gasteiger charge is -2.38. The first-order chi connectivity index (χ1) is 15.4. The molecule has 1 unspecified atom stereocenters. The van der Waals surface area contributed by atoms with Gasteiger partial charge in [0, 0.05) is 35.6 Å². The van der Waals surface area contributed by atoms with Crippen molar-refractivity contribution in [1.29, 1.82) is 0 Å². The minimum Gasteiger partial charge on any atom is -0.361 e. The molecule has 1 aliphatic heterocycles. The Morgan fingerprint density at radius 1 is 1.09 bits per heavy atom. The number of nitrogens with zero attached hydrogens (tertiary/aromatic N) is 3. The van der Waals surface area contributed by atoms with Crippen LogP contribution in [0.2, 0.25) is 10.2 Å². The van der Waals surface area contributed by atoms with Gasteiger partial charge in [0.25, 0.3) is 0 Å². The second kappa shape index (κ2) is 10.5. The molecule has 0 bridgehead atoms. The first-order valence-electron chi connectivity index (χ1n) is 11.6. The molecule has 2 aromatic rings. The topological polar surface area (TPSA) is 53.1 Å². The van der Waals surface area contributed by atoms with E-state index in [1.165, 1.54) is 37.7 Å². The van der Waals surface area contributed by atoms with Crippen LogP contribution in [0.1, 0.15) is 63.9 Å². The molecular formula is C24H31Cl2N5S. The lowest BCUT2D eigenvalue weighted by atomic mass is 9.69. The summed E-state index contributed by atoms with van der Waals surface area (Å²) in [7, 11) is 0. The van der Waals surface area contributed by atoms with Crippen molar-refractivity contribution >= 4 is 52.3 Å². The quantitative estimate of drug-likeness (QED) is 0.375. The zero-order valence-corrected chi connectivity index (χ0v) is 20.9. The number of hydrogen-bond donors (Lipinski definition) is 2. The summed E-state index contributed by atoms with van der Waals surface area (Å²) in [6.07, 6.45) is 9.58. The van der Waals surface area contributed by atoms with Crippen LogP contribution in [0.4, 0.5) is 11.8 Å². The summed E-state index contributed by atoms with van der Waals surface area (Å²) < 4.78 is 0. The molecule has 172 valence electrons. The molecule has 0 radical (unpaired) electrons. The number of benzene rings is 1. The molecule has 2 aliphatic rings. The molecule has 0 amide bonds. The second-order valence-corrected chi connectivity index (χ2v) is 10.3. The molecule has 1 saturated heterocycles. The van der Waals surface area contributed by atoms with Gasteiger partial charge in [0.05, 0.1) is 0 Å². The van der Waals surface area contributed by atoms with Crippen LogP contribution >= 0.6 is 35.4 Å². The van der Waals surface area contributed by atoms with E-state index in [-0.39, 0.29) is 5.41 Å². The summed E-state index contributed by atoms with van der Waals surface area (Å²) >= 11 is 18.1. The molecule has 2 N–H and O–H groups in total. The maximum Gasteiger partial charge on any atom is 0.232 e. The molecule has 1 aromatic carbocycles. The van der Waals surface area contributed by atoms with Crippen LogP contribution < -0.4 is 15.5 Å². The third kappa shape index (κ3) is 5.64. The predicted molar refractivity (Wildman–Crippen MR) is 138 cm³/mol. The standard InChI is InChI=1S/C24H31Cl2N5S/c1-17-7-3-6-14-31(17)21-15-20(26)28-22(29-21)30-23(32)27-16-24(12-4-2-5-13-24)18-8-10-19(25)11-9-18/h8-11,15,17H,2-7,12-14,16H2,1H3,(H2,27,28,29,30,32). The smallest absolute Gasteiger partial charge is 0.232 e. The van der Waals surface area contributed by atoms with Gasteiger partial charge in [0.1, 0.15) is 11.0 Å². The maximum atomic E-state index is 6.32. The van der Waals surface area contributed by atoms with E-state index in [0.29, 0.717) is 22.3 Å². The highest BCUT2D eigenvalue weighted by atomic mass is 35.5. The fourth-order valence-corrected chi connectivity index (χ4v) is 5.51. The predicted octanol–water partition coefficient (Wildman–Crippen LogP) is 6.35. The van der Waals surface area contributed by atoms with Gasteiger partial charge in [-0.25, -0.2) is 4.98 Å². The lowest BCUT2D eigenvalue weighted by Crippen LogP contribution is -2.43. The number of piperidine rings is 1. The molecule has 32 heavy (non-hydrogen) atoms. The Morgan fingerprint density at radius 2 is 1.84 bits per heavy atom. The van der Waals surface area contributed by atoms with Gasteiger partial charge in [0.15, 0.2) is 5.11 Å². The second-order valence-electron chi connectivity index (χ2n) is 9.07. The summed E-state index contributed by atoms with van der Waals surface area (Å²) in [6, 6.07) is 10.5. The van der Waals surface area contributed by atoms with Crippen molar-refractivity contribution in [1.82, 2.24) is 15.3 Å². The van der Waals surface area contributed by atoms with E-state index in [0.717, 1.165) is 43.2 Å². The number of aromatic nitrogens is 2. The first kappa shape index (κ1) is 23.5. The van der Waals surface area contributed by atoms with E-state index >= 15 is 0 Å². The van der Waals surface area contributed by atoms with Crippen LogP contribution in [0, 0.1) is 0 Å². The number of hydrogen-bond acceptors (Lipinski definition) is 4. The van der Waals surface area contributed by atoms with E-state index < -0.39 is 0 Å². The molecule has 1 aliphatic carbocycles. The minimum atomic E-state index is 0.0537. The highest BCUT2D eigenvalue weighted by molar-refractivity contribution is 7.80. The fraction of sp³-hybridized carbons (Fsp3) is 0.542. The van der Waals surface area contributed by atoms with Gasteiger partial charge >= 0.3 is 0 Å². The third-order valence-corrected chi connectivity index (χ3v) is 7.55. The van der Waals surface area contributed by atoms with Gasteiger partial charge in [-0.15, -0.1) is 0 Å². The zero-order valence-electron chi connectivity index (χ0n) is 18.5. The Kier molecular flexibility index (Phi) is 7.74. The fourth-order valence-electron chi connectivity index (χ4n) is 5.04. The number of rotatable bonds is 5. The number of nitrogens with one attached hydrogen (secondary N) is 2. The molecule has 1 aromatic heterocycles. The Balaban J connectivity index is 1.44. The molecule has 1 atom stereocenters. The molecular weight excluding hydrogens is 461 g/mol. The van der Waals surface area contributed by atoms with Crippen LogP contribution in [-0.4, -0.2) is 34.2 Å². The summed E-state index contributed by atoms with van der Waals surface area (Å²) in [4.78, 5) is 11.4. The monoisotopic (exact) mass is 491 g/mol. The normalized spacial score (nSPS) is 20.6. The van der Waals surface area contributed by atoms with Gasteiger partial charge in [-0.3, -0.25) is 0 Å². The van der Waals surface area contributed by atoms with Crippen LogP contribution in [0.3, 0.4) is 0 Å². The number of anilines is 2. The van der Waals surface area contributed by atoms with E-state index in [2.05, 4.69) is 39.6 Å². The lowest BCUT2D eigenvalue weighted by molar-refractivity contribution is 0.292. The molecule has 1 saturated carbocycles. The van der Waals surface area contributed by atoms with E-state index in [9.17, 15) is 0 Å². The molecule has 8 heteroatoms. The third-order valence-electron chi connectivity index (χ3n) is 6.86. The largest absolute Gasteiger partial charge is 0.361 e. The van der Waals surface area contributed by atoms with Gasteiger partial charge in [-0.2, -0.15) is 4.98 Å². The van der Waals surface area contributed by atoms with Crippen LogP contribution in [0.15, 0.2) is 30.3 Å². The van der Waals surface area contributed by atoms with E-state index in [1.54, 1.807) is 0 Å². The number of halogens is 2. The first-order valence-corrected chi connectivity index (χ1v) is 12.7. The van der Waals surface area contributed by atoms with Crippen LogP contribution in [0.5, 0.6) is 0 Å². The Bertz CT molecular complexity index is 930. The summed E-state index contributed by atoms with van der Waals surface area (Å²) in [5.74, 6) is 1.29. The SMILES string of the molecule is CC1CCCCN1c1cc(Cl)nc(NC(=S)NCC2(c3ccc(Cl)cc3)CCCCC2)n1. The zero-order chi connectivity index (χ0) is 22.6. The van der Waals surface area contributed by atoms with Crippen molar-refractivity contribution in [3.8, 4) is 0 Å². The van der Waals surface area contributed by atoms with Gasteiger partial charge < -0.3 is 15.5 Å². The van der Waals surface area contributed by atoms with Crippen molar-refractivity contribution < 1.29 is 0 Å². The van der Waals surface area contributed by atoms with E-state index in [1.807, 2.05) is 18.2 Å². The van der Waals surface area contributed by atoms with Crippen LogP contribution in [-0.2, 0) is 5.41 Å². The minimum absolute atomic E-state index is 0.0537. The van der Waals surface area contributed by atoms with Crippen LogP contribution in [0.25, 0.3) is 0 Å². The van der Waals surface area contributed by atoms with Crippen molar-refractivity contribution in [2.24, 2.45) is 0 Å². The average Bonchev–Trinajstić information content (AvgIpc) is 2.79. The van der Waals surface area contributed by atoms with Gasteiger partial charge in [0.2, 0.25) is 5.95 Å². The summed E-state index contributed by atoms with van der Waals surface area (Å²) in [5, 5.41) is 8.30. The Morgan fingerprint density at radius 3 is 2.56 bits per heavy atom.